The molecule has 3 aliphatic rings. The standard InChI is InChI=1S/C21H26N4O2/c1-23-12-15-3-2-4-17(18(15)13-23)19-11-22-20-5-7-24(8-9-25(19)20)21(26)16-6-10-27-14-16/h2-4,11,16H,5-10,12-14H2,1H3/t16-/m0/s1. The summed E-state index contributed by atoms with van der Waals surface area (Å²) in [4.78, 5) is 21.9. The molecule has 4 heterocycles. The maximum atomic E-state index is 12.8. The van der Waals surface area contributed by atoms with E-state index in [4.69, 9.17) is 9.72 Å². The second-order valence-electron chi connectivity index (χ2n) is 7.96. The van der Waals surface area contributed by atoms with Gasteiger partial charge in [0.25, 0.3) is 0 Å². The minimum atomic E-state index is 0.0443. The quantitative estimate of drug-likeness (QED) is 0.815. The van der Waals surface area contributed by atoms with Crippen LogP contribution in [0.5, 0.6) is 0 Å². The third-order valence-corrected chi connectivity index (χ3v) is 6.14. The molecule has 1 aromatic heterocycles. The first kappa shape index (κ1) is 17.0. The molecule has 1 fully saturated rings. The third kappa shape index (κ3) is 2.97. The molecule has 2 aromatic rings. The predicted molar refractivity (Wildman–Crippen MR) is 102 cm³/mol. The molecule has 1 amide bonds. The number of ether oxygens (including phenoxy) is 1. The Bertz CT molecular complexity index is 869. The normalized spacial score (nSPS) is 22.6. The Morgan fingerprint density at radius 3 is 3.00 bits per heavy atom. The van der Waals surface area contributed by atoms with Crippen molar-refractivity contribution < 1.29 is 9.53 Å². The Labute approximate surface area is 159 Å². The van der Waals surface area contributed by atoms with Gasteiger partial charge in [-0.05, 0) is 24.6 Å². The number of aromatic nitrogens is 2. The molecule has 0 saturated carbocycles. The van der Waals surface area contributed by atoms with Gasteiger partial charge in [0.2, 0.25) is 5.91 Å². The molecular formula is C21H26N4O2. The van der Waals surface area contributed by atoms with Crippen LogP contribution in [0.4, 0.5) is 0 Å². The SMILES string of the molecule is CN1Cc2cccc(-c3cnc4n3CCN(C(=O)[C@H]3CCOC3)CC4)c2C1. The summed E-state index contributed by atoms with van der Waals surface area (Å²) in [5, 5.41) is 0. The predicted octanol–water partition coefficient (Wildman–Crippen LogP) is 1.92. The van der Waals surface area contributed by atoms with Gasteiger partial charge in [0.15, 0.2) is 0 Å². The van der Waals surface area contributed by atoms with Gasteiger partial charge in [0.1, 0.15) is 5.82 Å². The molecule has 1 atom stereocenters. The Hall–Kier alpha value is -2.18. The molecule has 0 bridgehead atoms. The fourth-order valence-electron chi connectivity index (χ4n) is 4.68. The van der Waals surface area contributed by atoms with Gasteiger partial charge in [-0.2, -0.15) is 0 Å². The highest BCUT2D eigenvalue weighted by molar-refractivity contribution is 5.79. The van der Waals surface area contributed by atoms with E-state index in [1.54, 1.807) is 0 Å². The van der Waals surface area contributed by atoms with Crippen LogP contribution in [0, 0.1) is 5.92 Å². The van der Waals surface area contributed by atoms with Gasteiger partial charge in [-0.25, -0.2) is 4.98 Å². The molecule has 27 heavy (non-hydrogen) atoms. The van der Waals surface area contributed by atoms with Crippen LogP contribution in [-0.4, -0.2) is 58.6 Å². The van der Waals surface area contributed by atoms with E-state index in [2.05, 4.69) is 34.7 Å². The van der Waals surface area contributed by atoms with E-state index in [9.17, 15) is 4.79 Å². The average Bonchev–Trinajstić information content (AvgIpc) is 3.38. The fraction of sp³-hybridized carbons (Fsp3) is 0.524. The summed E-state index contributed by atoms with van der Waals surface area (Å²) in [5.74, 6) is 1.39. The van der Waals surface area contributed by atoms with Gasteiger partial charge in [0, 0.05) is 51.3 Å². The zero-order chi connectivity index (χ0) is 18.4. The average molecular weight is 366 g/mol. The number of hydrogen-bond donors (Lipinski definition) is 0. The van der Waals surface area contributed by atoms with E-state index in [0.29, 0.717) is 13.2 Å². The van der Waals surface area contributed by atoms with Crippen molar-refractivity contribution in [3.05, 3.63) is 41.3 Å². The molecule has 0 aliphatic carbocycles. The van der Waals surface area contributed by atoms with Crippen molar-refractivity contribution in [3.8, 4) is 11.3 Å². The summed E-state index contributed by atoms with van der Waals surface area (Å²) in [6.45, 7) is 5.60. The molecular weight excluding hydrogens is 340 g/mol. The highest BCUT2D eigenvalue weighted by atomic mass is 16.5. The maximum absolute atomic E-state index is 12.8. The highest BCUT2D eigenvalue weighted by Crippen LogP contribution is 2.33. The third-order valence-electron chi connectivity index (χ3n) is 6.14. The van der Waals surface area contributed by atoms with Crippen molar-refractivity contribution in [2.24, 2.45) is 5.92 Å². The number of carbonyl (C=O) groups excluding carboxylic acids is 1. The maximum Gasteiger partial charge on any atom is 0.228 e. The second-order valence-corrected chi connectivity index (χ2v) is 7.96. The summed E-state index contributed by atoms with van der Waals surface area (Å²) in [5.41, 5.74) is 5.32. The highest BCUT2D eigenvalue weighted by Gasteiger charge is 2.30. The number of fused-ring (bicyclic) bond motifs is 2. The van der Waals surface area contributed by atoms with Crippen LogP contribution in [-0.2, 0) is 35.6 Å². The van der Waals surface area contributed by atoms with Crippen LogP contribution in [0.25, 0.3) is 11.3 Å². The van der Waals surface area contributed by atoms with Gasteiger partial charge in [-0.15, -0.1) is 0 Å². The van der Waals surface area contributed by atoms with Crippen molar-refractivity contribution >= 4 is 5.91 Å². The summed E-state index contributed by atoms with van der Waals surface area (Å²) >= 11 is 0. The molecule has 0 unspecified atom stereocenters. The number of amides is 1. The van der Waals surface area contributed by atoms with Crippen LogP contribution in [0.15, 0.2) is 24.4 Å². The van der Waals surface area contributed by atoms with E-state index < -0.39 is 0 Å². The summed E-state index contributed by atoms with van der Waals surface area (Å²) in [6.07, 6.45) is 3.69. The number of imidazole rings is 1. The molecule has 0 radical (unpaired) electrons. The lowest BCUT2D eigenvalue weighted by Crippen LogP contribution is -2.38. The van der Waals surface area contributed by atoms with E-state index in [1.165, 1.54) is 22.4 Å². The number of carbonyl (C=O) groups is 1. The van der Waals surface area contributed by atoms with Crippen molar-refractivity contribution in [3.63, 3.8) is 0 Å². The first-order chi connectivity index (χ1) is 13.2. The van der Waals surface area contributed by atoms with Crippen LogP contribution < -0.4 is 0 Å². The van der Waals surface area contributed by atoms with E-state index in [-0.39, 0.29) is 11.8 Å². The molecule has 6 heteroatoms. The number of hydrogen-bond acceptors (Lipinski definition) is 4. The zero-order valence-electron chi connectivity index (χ0n) is 15.9. The summed E-state index contributed by atoms with van der Waals surface area (Å²) in [7, 11) is 2.16. The first-order valence-corrected chi connectivity index (χ1v) is 9.91. The monoisotopic (exact) mass is 366 g/mol. The molecule has 1 aromatic carbocycles. The Morgan fingerprint density at radius 2 is 2.15 bits per heavy atom. The van der Waals surface area contributed by atoms with Crippen molar-refractivity contribution in [1.29, 1.82) is 0 Å². The Balaban J connectivity index is 1.41. The first-order valence-electron chi connectivity index (χ1n) is 9.91. The van der Waals surface area contributed by atoms with Gasteiger partial charge in [0.05, 0.1) is 24.4 Å². The van der Waals surface area contributed by atoms with E-state index in [0.717, 1.165) is 51.4 Å². The zero-order valence-corrected chi connectivity index (χ0v) is 15.9. The van der Waals surface area contributed by atoms with Crippen LogP contribution >= 0.6 is 0 Å². The second kappa shape index (κ2) is 6.77. The van der Waals surface area contributed by atoms with Crippen LogP contribution in [0.2, 0.25) is 0 Å². The molecule has 0 N–H and O–H groups in total. The van der Waals surface area contributed by atoms with Crippen molar-refractivity contribution in [2.45, 2.75) is 32.5 Å². The van der Waals surface area contributed by atoms with Crippen LogP contribution in [0.1, 0.15) is 23.4 Å². The van der Waals surface area contributed by atoms with E-state index in [1.807, 2.05) is 11.1 Å². The van der Waals surface area contributed by atoms with Gasteiger partial charge in [-0.1, -0.05) is 18.2 Å². The van der Waals surface area contributed by atoms with Gasteiger partial charge >= 0.3 is 0 Å². The minimum absolute atomic E-state index is 0.0443. The van der Waals surface area contributed by atoms with Crippen molar-refractivity contribution in [2.75, 3.05) is 33.4 Å². The number of benzene rings is 1. The van der Waals surface area contributed by atoms with Crippen LogP contribution in [0.3, 0.4) is 0 Å². The molecule has 3 aliphatic heterocycles. The van der Waals surface area contributed by atoms with Gasteiger partial charge in [-0.3, -0.25) is 9.69 Å². The Morgan fingerprint density at radius 1 is 1.22 bits per heavy atom. The number of rotatable bonds is 2. The lowest BCUT2D eigenvalue weighted by molar-refractivity contribution is -0.135. The molecule has 1 saturated heterocycles. The lowest BCUT2D eigenvalue weighted by atomic mass is 10.0. The molecule has 6 nitrogen and oxygen atoms in total. The Kier molecular flexibility index (Phi) is 4.25. The number of nitrogens with zero attached hydrogens (tertiary/aromatic N) is 4. The fourth-order valence-corrected chi connectivity index (χ4v) is 4.68. The lowest BCUT2D eigenvalue weighted by Gasteiger charge is -2.23. The molecule has 5 rings (SSSR count). The molecule has 142 valence electrons. The summed E-state index contributed by atoms with van der Waals surface area (Å²) < 4.78 is 7.73. The van der Waals surface area contributed by atoms with E-state index >= 15 is 0 Å². The largest absolute Gasteiger partial charge is 0.381 e. The summed E-state index contributed by atoms with van der Waals surface area (Å²) in [6, 6.07) is 6.60. The molecule has 0 spiro atoms. The minimum Gasteiger partial charge on any atom is -0.381 e. The smallest absolute Gasteiger partial charge is 0.228 e. The van der Waals surface area contributed by atoms with Crippen molar-refractivity contribution in [1.82, 2.24) is 19.4 Å². The topological polar surface area (TPSA) is 50.6 Å². The van der Waals surface area contributed by atoms with Gasteiger partial charge < -0.3 is 14.2 Å².